The molecule has 8 heteroatoms. The number of rotatable bonds is 4. The Bertz CT molecular complexity index is 499. The van der Waals surface area contributed by atoms with Crippen LogP contribution in [-0.4, -0.2) is 40.8 Å². The molecule has 0 unspecified atom stereocenters. The van der Waals surface area contributed by atoms with E-state index < -0.39 is 17.7 Å². The Balaban J connectivity index is 2.21. The molecular formula is C13H21N5O3. The number of amides is 3. The lowest BCUT2D eigenvalue weighted by Gasteiger charge is -2.19. The second kappa shape index (κ2) is 7.41. The zero-order chi connectivity index (χ0) is 15.9. The van der Waals surface area contributed by atoms with E-state index in [1.807, 2.05) is 0 Å². The van der Waals surface area contributed by atoms with Crippen LogP contribution in [0.4, 0.5) is 15.4 Å². The highest BCUT2D eigenvalue weighted by molar-refractivity contribution is 5.88. The fraction of sp³-hybridized carbons (Fsp3) is 0.538. The molecule has 1 rings (SSSR count). The van der Waals surface area contributed by atoms with E-state index in [0.717, 1.165) is 0 Å². The molecular weight excluding hydrogens is 274 g/mol. The van der Waals surface area contributed by atoms with Crippen molar-refractivity contribution in [2.24, 2.45) is 0 Å². The van der Waals surface area contributed by atoms with Crippen LogP contribution < -0.4 is 16.0 Å². The first-order valence-corrected chi connectivity index (χ1v) is 6.57. The first kappa shape index (κ1) is 16.7. The van der Waals surface area contributed by atoms with Crippen LogP contribution in [0.5, 0.6) is 0 Å². The van der Waals surface area contributed by atoms with E-state index in [1.54, 1.807) is 40.0 Å². The zero-order valence-corrected chi connectivity index (χ0v) is 12.7. The van der Waals surface area contributed by atoms with Crippen molar-refractivity contribution >= 4 is 17.9 Å². The van der Waals surface area contributed by atoms with Crippen LogP contribution in [0.2, 0.25) is 0 Å². The van der Waals surface area contributed by atoms with E-state index >= 15 is 0 Å². The molecule has 3 amide bonds. The van der Waals surface area contributed by atoms with Crippen LogP contribution in [0, 0.1) is 6.92 Å². The minimum absolute atomic E-state index is 0.269. The van der Waals surface area contributed by atoms with Gasteiger partial charge in [-0.05, 0) is 33.8 Å². The van der Waals surface area contributed by atoms with Crippen LogP contribution in [-0.2, 0) is 4.74 Å². The van der Waals surface area contributed by atoms with Crippen molar-refractivity contribution in [1.82, 2.24) is 20.6 Å². The Morgan fingerprint density at radius 1 is 1.24 bits per heavy atom. The van der Waals surface area contributed by atoms with Crippen LogP contribution in [0.15, 0.2) is 12.3 Å². The Morgan fingerprint density at radius 3 is 2.52 bits per heavy atom. The fourth-order valence-corrected chi connectivity index (χ4v) is 1.34. The number of nitrogens with one attached hydrogen (secondary N) is 3. The van der Waals surface area contributed by atoms with Gasteiger partial charge in [-0.2, -0.15) is 0 Å². The summed E-state index contributed by atoms with van der Waals surface area (Å²) < 4.78 is 5.06. The van der Waals surface area contributed by atoms with Gasteiger partial charge in [0.1, 0.15) is 17.2 Å². The van der Waals surface area contributed by atoms with E-state index in [9.17, 15) is 9.59 Å². The first-order chi connectivity index (χ1) is 9.76. The molecule has 0 saturated carbocycles. The van der Waals surface area contributed by atoms with Crippen LogP contribution in [0.25, 0.3) is 0 Å². The molecule has 116 valence electrons. The summed E-state index contributed by atoms with van der Waals surface area (Å²) in [5.74, 6) is 0.986. The van der Waals surface area contributed by atoms with Crippen molar-refractivity contribution in [2.45, 2.75) is 33.3 Å². The lowest BCUT2D eigenvalue weighted by molar-refractivity contribution is 0.0528. The monoisotopic (exact) mass is 295 g/mol. The van der Waals surface area contributed by atoms with E-state index in [1.165, 1.54) is 0 Å². The molecule has 0 bridgehead atoms. The molecule has 0 saturated heterocycles. The van der Waals surface area contributed by atoms with Crippen molar-refractivity contribution in [3.63, 3.8) is 0 Å². The molecule has 0 fully saturated rings. The van der Waals surface area contributed by atoms with Gasteiger partial charge >= 0.3 is 12.1 Å². The lowest BCUT2D eigenvalue weighted by atomic mass is 10.2. The molecule has 0 spiro atoms. The molecule has 0 atom stereocenters. The Kier molecular flexibility index (Phi) is 5.89. The number of nitrogens with zero attached hydrogens (tertiary/aromatic N) is 2. The smallest absolute Gasteiger partial charge is 0.407 e. The average Bonchev–Trinajstić information content (AvgIpc) is 2.32. The van der Waals surface area contributed by atoms with Gasteiger partial charge in [0, 0.05) is 19.3 Å². The molecule has 0 aromatic carbocycles. The maximum atomic E-state index is 11.6. The number of hydrogen-bond acceptors (Lipinski definition) is 5. The highest BCUT2D eigenvalue weighted by Crippen LogP contribution is 2.06. The Labute approximate surface area is 123 Å². The zero-order valence-electron chi connectivity index (χ0n) is 12.7. The third-order valence-corrected chi connectivity index (χ3v) is 2.10. The third kappa shape index (κ3) is 7.71. The quantitative estimate of drug-likeness (QED) is 0.729. The molecule has 1 aromatic rings. The summed E-state index contributed by atoms with van der Waals surface area (Å²) in [4.78, 5) is 30.9. The minimum Gasteiger partial charge on any atom is -0.444 e. The fourth-order valence-electron chi connectivity index (χ4n) is 1.34. The summed E-state index contributed by atoms with van der Waals surface area (Å²) in [7, 11) is 0. The summed E-state index contributed by atoms with van der Waals surface area (Å²) in [5, 5.41) is 7.69. The van der Waals surface area contributed by atoms with E-state index in [0.29, 0.717) is 11.6 Å². The molecule has 0 aliphatic carbocycles. The number of ether oxygens (including phenoxy) is 1. The van der Waals surface area contributed by atoms with Crippen molar-refractivity contribution in [2.75, 3.05) is 18.4 Å². The molecule has 1 aromatic heterocycles. The minimum atomic E-state index is -0.542. The number of carbonyl (C=O) groups excluding carboxylic acids is 2. The molecule has 8 nitrogen and oxygen atoms in total. The van der Waals surface area contributed by atoms with Gasteiger partial charge in [0.15, 0.2) is 0 Å². The summed E-state index contributed by atoms with van der Waals surface area (Å²) in [6.07, 6.45) is 1.04. The maximum Gasteiger partial charge on any atom is 0.407 e. The van der Waals surface area contributed by atoms with Crippen LogP contribution in [0.3, 0.4) is 0 Å². The Hall–Kier alpha value is -2.38. The molecule has 0 aliphatic heterocycles. The van der Waals surface area contributed by atoms with Crippen molar-refractivity contribution in [1.29, 1.82) is 0 Å². The van der Waals surface area contributed by atoms with Gasteiger partial charge in [-0.25, -0.2) is 19.6 Å². The van der Waals surface area contributed by atoms with Crippen LogP contribution >= 0.6 is 0 Å². The summed E-state index contributed by atoms with van der Waals surface area (Å²) in [6, 6.07) is 1.19. The maximum absolute atomic E-state index is 11.6. The molecule has 1 heterocycles. The number of aryl methyl sites for hydroxylation is 1. The van der Waals surface area contributed by atoms with Crippen molar-refractivity contribution in [3.05, 3.63) is 18.1 Å². The average molecular weight is 295 g/mol. The van der Waals surface area contributed by atoms with Gasteiger partial charge in [-0.3, -0.25) is 5.32 Å². The standard InChI is InChI=1S/C13H21N5O3/c1-9-14-6-5-10(17-9)18-11(19)15-7-8-16-12(20)21-13(2,3)4/h5-6H,7-8H2,1-4H3,(H,16,20)(H2,14,15,17,18,19). The van der Waals surface area contributed by atoms with Gasteiger partial charge in [-0.1, -0.05) is 0 Å². The molecule has 3 N–H and O–H groups in total. The number of urea groups is 1. The summed E-state index contributed by atoms with van der Waals surface area (Å²) in [5.41, 5.74) is -0.542. The third-order valence-electron chi connectivity index (χ3n) is 2.10. The topological polar surface area (TPSA) is 105 Å². The second-order valence-corrected chi connectivity index (χ2v) is 5.30. The SMILES string of the molecule is Cc1nccc(NC(=O)NCCNC(=O)OC(C)(C)C)n1. The highest BCUT2D eigenvalue weighted by Gasteiger charge is 2.15. The van der Waals surface area contributed by atoms with Gasteiger partial charge in [0.05, 0.1) is 0 Å². The largest absolute Gasteiger partial charge is 0.444 e. The van der Waals surface area contributed by atoms with Crippen molar-refractivity contribution < 1.29 is 14.3 Å². The molecule has 0 aliphatic rings. The summed E-state index contributed by atoms with van der Waals surface area (Å²) >= 11 is 0. The number of alkyl carbamates (subject to hydrolysis) is 1. The van der Waals surface area contributed by atoms with Gasteiger partial charge in [0.2, 0.25) is 0 Å². The first-order valence-electron chi connectivity index (χ1n) is 6.57. The Morgan fingerprint density at radius 2 is 1.90 bits per heavy atom. The van der Waals surface area contributed by atoms with E-state index in [4.69, 9.17) is 4.74 Å². The predicted molar refractivity (Wildman–Crippen MR) is 78.0 cm³/mol. The molecule has 0 radical (unpaired) electrons. The normalized spacial score (nSPS) is 10.7. The number of aromatic nitrogens is 2. The van der Waals surface area contributed by atoms with Crippen LogP contribution in [0.1, 0.15) is 26.6 Å². The van der Waals surface area contributed by atoms with Gasteiger partial charge in [0.25, 0.3) is 0 Å². The second-order valence-electron chi connectivity index (χ2n) is 5.30. The lowest BCUT2D eigenvalue weighted by Crippen LogP contribution is -2.39. The van der Waals surface area contributed by atoms with E-state index in [-0.39, 0.29) is 13.1 Å². The van der Waals surface area contributed by atoms with E-state index in [2.05, 4.69) is 25.9 Å². The van der Waals surface area contributed by atoms with Gasteiger partial charge in [-0.15, -0.1) is 0 Å². The number of anilines is 1. The van der Waals surface area contributed by atoms with Crippen molar-refractivity contribution in [3.8, 4) is 0 Å². The summed E-state index contributed by atoms with van der Waals surface area (Å²) in [6.45, 7) is 7.61. The van der Waals surface area contributed by atoms with Gasteiger partial charge < -0.3 is 15.4 Å². The molecule has 21 heavy (non-hydrogen) atoms. The highest BCUT2D eigenvalue weighted by atomic mass is 16.6. The number of hydrogen-bond donors (Lipinski definition) is 3. The number of carbonyl (C=O) groups is 2. The predicted octanol–water partition coefficient (Wildman–Crippen LogP) is 1.43.